The third-order valence-electron chi connectivity index (χ3n) is 2.67. The lowest BCUT2D eigenvalue weighted by Gasteiger charge is -2.07. The van der Waals surface area contributed by atoms with Gasteiger partial charge in [-0.2, -0.15) is 0 Å². The second-order valence-electron chi connectivity index (χ2n) is 4.02. The van der Waals surface area contributed by atoms with Gasteiger partial charge in [-0.05, 0) is 30.5 Å². The number of halogens is 2. The number of rotatable bonds is 5. The normalized spacial score (nSPS) is 10.3. The van der Waals surface area contributed by atoms with Gasteiger partial charge in [0.2, 0.25) is 0 Å². The van der Waals surface area contributed by atoms with Gasteiger partial charge in [-0.1, -0.05) is 35.3 Å². The molecule has 2 aromatic rings. The minimum Gasteiger partial charge on any atom is -0.485 e. The highest BCUT2D eigenvalue weighted by molar-refractivity contribution is 7.98. The van der Waals surface area contributed by atoms with E-state index in [-0.39, 0.29) is 12.4 Å². The zero-order valence-electron chi connectivity index (χ0n) is 10.7. The summed E-state index contributed by atoms with van der Waals surface area (Å²) in [5.41, 5.74) is 0.628. The summed E-state index contributed by atoms with van der Waals surface area (Å²) in [4.78, 5) is 13.1. The molecule has 0 aliphatic heterocycles. The zero-order chi connectivity index (χ0) is 14.5. The summed E-state index contributed by atoms with van der Waals surface area (Å²) < 4.78 is 5.42. The summed E-state index contributed by atoms with van der Waals surface area (Å²) in [6.45, 7) is -0.0312. The lowest BCUT2D eigenvalue weighted by atomic mass is 10.1. The van der Waals surface area contributed by atoms with Gasteiger partial charge in [-0.15, -0.1) is 11.8 Å². The highest BCUT2D eigenvalue weighted by Crippen LogP contribution is 2.26. The first-order valence-electron chi connectivity index (χ1n) is 5.85. The molecule has 2 rings (SSSR count). The highest BCUT2D eigenvalue weighted by Gasteiger charge is 2.08. The van der Waals surface area contributed by atoms with Gasteiger partial charge >= 0.3 is 0 Å². The first-order valence-corrected chi connectivity index (χ1v) is 7.83. The lowest BCUT2D eigenvalue weighted by Crippen LogP contribution is -2.11. The van der Waals surface area contributed by atoms with Crippen LogP contribution in [0.5, 0.6) is 5.75 Å². The first-order chi connectivity index (χ1) is 9.60. The minimum atomic E-state index is -0.0799. The molecule has 0 spiro atoms. The van der Waals surface area contributed by atoms with E-state index in [1.807, 2.05) is 18.4 Å². The van der Waals surface area contributed by atoms with Crippen molar-refractivity contribution < 1.29 is 9.53 Å². The van der Waals surface area contributed by atoms with Crippen LogP contribution in [0.3, 0.4) is 0 Å². The van der Waals surface area contributed by atoms with E-state index in [1.54, 1.807) is 42.1 Å². The predicted octanol–water partition coefficient (Wildman–Crippen LogP) is 4.98. The Morgan fingerprint density at radius 2 is 1.80 bits per heavy atom. The molecule has 0 amide bonds. The second kappa shape index (κ2) is 7.02. The van der Waals surface area contributed by atoms with Crippen LogP contribution in [0.25, 0.3) is 0 Å². The zero-order valence-corrected chi connectivity index (χ0v) is 13.1. The van der Waals surface area contributed by atoms with Crippen molar-refractivity contribution in [2.24, 2.45) is 0 Å². The van der Waals surface area contributed by atoms with Crippen LogP contribution in [0.2, 0.25) is 10.0 Å². The number of hydrogen-bond acceptors (Lipinski definition) is 3. The van der Waals surface area contributed by atoms with E-state index in [0.29, 0.717) is 21.4 Å². The smallest absolute Gasteiger partial charge is 0.200 e. The van der Waals surface area contributed by atoms with Gasteiger partial charge in [0.25, 0.3) is 0 Å². The molecule has 0 bridgehead atoms. The molecule has 2 aromatic carbocycles. The summed E-state index contributed by atoms with van der Waals surface area (Å²) in [5.74, 6) is 0.442. The van der Waals surface area contributed by atoms with Crippen LogP contribution in [-0.4, -0.2) is 18.6 Å². The van der Waals surface area contributed by atoms with E-state index < -0.39 is 0 Å². The molecule has 0 aromatic heterocycles. The Hall–Kier alpha value is -1.16. The average molecular weight is 327 g/mol. The van der Waals surface area contributed by atoms with Crippen molar-refractivity contribution in [3.05, 3.63) is 58.1 Å². The molecule has 0 saturated heterocycles. The molecule has 0 aliphatic carbocycles. The van der Waals surface area contributed by atoms with E-state index in [2.05, 4.69) is 0 Å². The Labute approximate surface area is 132 Å². The fraction of sp³-hybridized carbons (Fsp3) is 0.133. The summed E-state index contributed by atoms with van der Waals surface area (Å²) >= 11 is 13.3. The molecule has 0 heterocycles. The van der Waals surface area contributed by atoms with E-state index in [4.69, 9.17) is 27.9 Å². The maximum Gasteiger partial charge on any atom is 0.200 e. The van der Waals surface area contributed by atoms with Gasteiger partial charge in [-0.3, -0.25) is 4.79 Å². The second-order valence-corrected chi connectivity index (χ2v) is 5.71. The van der Waals surface area contributed by atoms with Crippen LogP contribution < -0.4 is 4.74 Å². The molecule has 0 atom stereocenters. The van der Waals surface area contributed by atoms with Crippen LogP contribution in [0.4, 0.5) is 0 Å². The third-order valence-corrected chi connectivity index (χ3v) is 4.16. The van der Waals surface area contributed by atoms with Crippen LogP contribution in [0, 0.1) is 0 Å². The number of thioether (sulfide) groups is 1. The summed E-state index contributed by atoms with van der Waals surface area (Å²) in [6.07, 6.45) is 1.99. The van der Waals surface area contributed by atoms with Crippen molar-refractivity contribution in [1.82, 2.24) is 0 Å². The Morgan fingerprint density at radius 1 is 1.10 bits per heavy atom. The molecule has 2 nitrogen and oxygen atoms in total. The standard InChI is InChI=1S/C15H12Cl2O2S/c1-20-12-5-2-10(3-6-12)15(18)9-19-11-4-7-13(16)14(17)8-11/h2-8H,9H2,1H3. The summed E-state index contributed by atoms with van der Waals surface area (Å²) in [6, 6.07) is 12.3. The molecule has 0 N–H and O–H groups in total. The van der Waals surface area contributed by atoms with Crippen molar-refractivity contribution in [3.63, 3.8) is 0 Å². The average Bonchev–Trinajstić information content (AvgIpc) is 2.48. The van der Waals surface area contributed by atoms with E-state index in [0.717, 1.165) is 4.90 Å². The van der Waals surface area contributed by atoms with E-state index in [1.165, 1.54) is 0 Å². The molecule has 0 saturated carbocycles. The van der Waals surface area contributed by atoms with Crippen molar-refractivity contribution in [3.8, 4) is 5.75 Å². The topological polar surface area (TPSA) is 26.3 Å². The Kier molecular flexibility index (Phi) is 5.35. The minimum absolute atomic E-state index is 0.0312. The maximum atomic E-state index is 12.0. The van der Waals surface area contributed by atoms with Crippen LogP contribution in [-0.2, 0) is 0 Å². The molecule has 5 heteroatoms. The van der Waals surface area contributed by atoms with Gasteiger partial charge in [-0.25, -0.2) is 0 Å². The quantitative estimate of drug-likeness (QED) is 0.572. The van der Waals surface area contributed by atoms with Crippen molar-refractivity contribution in [1.29, 1.82) is 0 Å². The van der Waals surface area contributed by atoms with Gasteiger partial charge in [0.15, 0.2) is 12.4 Å². The van der Waals surface area contributed by atoms with Gasteiger partial charge < -0.3 is 4.74 Å². The summed E-state index contributed by atoms with van der Waals surface area (Å²) in [7, 11) is 0. The molecule has 0 unspecified atom stereocenters. The number of ketones is 1. The molecule has 0 fully saturated rings. The number of Topliss-reactive ketones (excluding diaryl/α,β-unsaturated/α-hetero) is 1. The Balaban J connectivity index is 1.98. The molecule has 104 valence electrons. The first kappa shape index (κ1) is 15.2. The van der Waals surface area contributed by atoms with Crippen molar-refractivity contribution >= 4 is 40.7 Å². The number of hydrogen-bond donors (Lipinski definition) is 0. The Morgan fingerprint density at radius 3 is 2.40 bits per heavy atom. The van der Waals surface area contributed by atoms with Gasteiger partial charge in [0.1, 0.15) is 5.75 Å². The SMILES string of the molecule is CSc1ccc(C(=O)COc2ccc(Cl)c(Cl)c2)cc1. The number of ether oxygens (including phenoxy) is 1. The van der Waals surface area contributed by atoms with Crippen molar-refractivity contribution in [2.45, 2.75) is 4.90 Å². The number of carbonyl (C=O) groups excluding carboxylic acids is 1. The fourth-order valence-corrected chi connectivity index (χ4v) is 2.27. The molecule has 0 radical (unpaired) electrons. The van der Waals surface area contributed by atoms with Crippen molar-refractivity contribution in [2.75, 3.05) is 12.9 Å². The van der Waals surface area contributed by atoms with E-state index >= 15 is 0 Å². The lowest BCUT2D eigenvalue weighted by molar-refractivity contribution is 0.0921. The van der Waals surface area contributed by atoms with Crippen LogP contribution in [0.15, 0.2) is 47.4 Å². The monoisotopic (exact) mass is 326 g/mol. The van der Waals surface area contributed by atoms with E-state index in [9.17, 15) is 4.79 Å². The predicted molar refractivity (Wildman–Crippen MR) is 84.5 cm³/mol. The van der Waals surface area contributed by atoms with Crippen LogP contribution in [0.1, 0.15) is 10.4 Å². The number of benzene rings is 2. The summed E-state index contributed by atoms with van der Waals surface area (Å²) in [5, 5.41) is 0.860. The molecule has 0 aliphatic rings. The van der Waals surface area contributed by atoms with Gasteiger partial charge in [0.05, 0.1) is 10.0 Å². The molecule has 20 heavy (non-hydrogen) atoms. The molecular weight excluding hydrogens is 315 g/mol. The third kappa shape index (κ3) is 3.92. The highest BCUT2D eigenvalue weighted by atomic mass is 35.5. The van der Waals surface area contributed by atoms with Gasteiger partial charge in [0, 0.05) is 16.5 Å². The van der Waals surface area contributed by atoms with Crippen LogP contribution >= 0.6 is 35.0 Å². The fourth-order valence-electron chi connectivity index (χ4n) is 1.58. The maximum absolute atomic E-state index is 12.0. The Bertz CT molecular complexity index is 612. The molecular formula is C15H12Cl2O2S. The largest absolute Gasteiger partial charge is 0.485 e. The number of carbonyl (C=O) groups is 1.